The van der Waals surface area contributed by atoms with Gasteiger partial charge in [-0.1, -0.05) is 0 Å². The Kier molecular flexibility index (Phi) is 3.73. The van der Waals surface area contributed by atoms with E-state index in [9.17, 15) is 9.59 Å². The lowest BCUT2D eigenvalue weighted by Gasteiger charge is -2.30. The minimum Gasteiger partial charge on any atom is -0.352 e. The monoisotopic (exact) mass is 265 g/mol. The summed E-state index contributed by atoms with van der Waals surface area (Å²) in [7, 11) is 0. The van der Waals surface area contributed by atoms with Crippen molar-refractivity contribution >= 4 is 11.8 Å². The van der Waals surface area contributed by atoms with Crippen LogP contribution in [-0.4, -0.2) is 48.4 Å². The van der Waals surface area contributed by atoms with Gasteiger partial charge in [0.1, 0.15) is 6.04 Å². The Labute approximate surface area is 114 Å². The first-order chi connectivity index (χ1) is 9.25. The normalized spacial score (nSPS) is 31.3. The minimum atomic E-state index is -0.213. The highest BCUT2D eigenvalue weighted by Gasteiger charge is 2.38. The lowest BCUT2D eigenvalue weighted by molar-refractivity contribution is -0.142. The summed E-state index contributed by atoms with van der Waals surface area (Å²) >= 11 is 0. The zero-order valence-corrected chi connectivity index (χ0v) is 11.4. The zero-order chi connectivity index (χ0) is 13.2. The molecule has 2 amide bonds. The Hall–Kier alpha value is -1.10. The lowest BCUT2D eigenvalue weighted by Crippen LogP contribution is -2.50. The van der Waals surface area contributed by atoms with Gasteiger partial charge in [-0.3, -0.25) is 9.59 Å². The van der Waals surface area contributed by atoms with Gasteiger partial charge in [-0.15, -0.1) is 0 Å². The van der Waals surface area contributed by atoms with Crippen LogP contribution in [0.5, 0.6) is 0 Å². The fourth-order valence-corrected chi connectivity index (χ4v) is 3.13. The molecule has 2 atom stereocenters. The van der Waals surface area contributed by atoms with Gasteiger partial charge >= 0.3 is 0 Å². The molecule has 0 aromatic rings. The van der Waals surface area contributed by atoms with Crippen LogP contribution in [0.15, 0.2) is 0 Å². The second-order valence-corrected chi connectivity index (χ2v) is 6.02. The number of nitrogens with zero attached hydrogens (tertiary/aromatic N) is 1. The van der Waals surface area contributed by atoms with E-state index in [0.29, 0.717) is 6.04 Å². The molecule has 2 N–H and O–H groups in total. The standard InChI is InChI=1S/C14H23N3O2/c18-13(16-11-5-6-11)12-4-2-8-17(12)14(19)10-3-1-7-15-9-10/h10-12,15H,1-9H2,(H,16,18)/t10-,12?/m0/s1. The zero-order valence-electron chi connectivity index (χ0n) is 11.4. The fraction of sp³-hybridized carbons (Fsp3) is 0.857. The van der Waals surface area contributed by atoms with Gasteiger partial charge in [-0.25, -0.2) is 0 Å². The molecule has 106 valence electrons. The van der Waals surface area contributed by atoms with E-state index >= 15 is 0 Å². The molecule has 2 saturated heterocycles. The van der Waals surface area contributed by atoms with E-state index in [1.807, 2.05) is 4.90 Å². The van der Waals surface area contributed by atoms with Crippen LogP contribution < -0.4 is 10.6 Å². The van der Waals surface area contributed by atoms with Crippen LogP contribution in [0.2, 0.25) is 0 Å². The largest absolute Gasteiger partial charge is 0.352 e. The average Bonchev–Trinajstić information content (AvgIpc) is 3.11. The van der Waals surface area contributed by atoms with Crippen molar-refractivity contribution in [3.8, 4) is 0 Å². The molecule has 2 aliphatic heterocycles. The van der Waals surface area contributed by atoms with Crippen molar-refractivity contribution in [2.45, 2.75) is 50.6 Å². The molecule has 0 spiro atoms. The summed E-state index contributed by atoms with van der Waals surface area (Å²) in [5, 5.41) is 6.31. The number of hydrogen-bond donors (Lipinski definition) is 2. The highest BCUT2D eigenvalue weighted by atomic mass is 16.2. The van der Waals surface area contributed by atoms with Gasteiger partial charge in [0.2, 0.25) is 11.8 Å². The lowest BCUT2D eigenvalue weighted by atomic mass is 9.97. The van der Waals surface area contributed by atoms with Crippen LogP contribution >= 0.6 is 0 Å². The van der Waals surface area contributed by atoms with Gasteiger partial charge in [-0.05, 0) is 45.1 Å². The van der Waals surface area contributed by atoms with E-state index in [1.165, 1.54) is 0 Å². The van der Waals surface area contributed by atoms with Crippen LogP contribution in [0.4, 0.5) is 0 Å². The van der Waals surface area contributed by atoms with E-state index in [0.717, 1.165) is 58.2 Å². The number of rotatable bonds is 3. The summed E-state index contributed by atoms with van der Waals surface area (Å²) in [6.07, 6.45) is 5.99. The smallest absolute Gasteiger partial charge is 0.243 e. The maximum absolute atomic E-state index is 12.5. The molecule has 3 rings (SSSR count). The van der Waals surface area contributed by atoms with Gasteiger partial charge in [0, 0.05) is 19.1 Å². The van der Waals surface area contributed by atoms with Gasteiger partial charge in [0.05, 0.1) is 5.92 Å². The SMILES string of the molecule is O=C(NC1CC1)C1CCCN1C(=O)[C@H]1CCCNC1. The molecule has 3 aliphatic rings. The molecule has 1 unspecified atom stereocenters. The molecule has 0 bridgehead atoms. The topological polar surface area (TPSA) is 61.4 Å². The molecule has 19 heavy (non-hydrogen) atoms. The summed E-state index contributed by atoms with van der Waals surface area (Å²) in [5.74, 6) is 0.320. The summed E-state index contributed by atoms with van der Waals surface area (Å²) in [4.78, 5) is 26.5. The van der Waals surface area contributed by atoms with Crippen molar-refractivity contribution in [3.05, 3.63) is 0 Å². The molecule has 5 nitrogen and oxygen atoms in total. The Balaban J connectivity index is 1.60. The molecule has 0 aromatic carbocycles. The predicted molar refractivity (Wildman–Crippen MR) is 71.5 cm³/mol. The predicted octanol–water partition coefficient (Wildman–Crippen LogP) is 0.256. The van der Waals surface area contributed by atoms with Gasteiger partial charge in [0.15, 0.2) is 0 Å². The molecule has 0 radical (unpaired) electrons. The van der Waals surface area contributed by atoms with Crippen molar-refractivity contribution in [3.63, 3.8) is 0 Å². The van der Waals surface area contributed by atoms with Gasteiger partial charge < -0.3 is 15.5 Å². The quantitative estimate of drug-likeness (QED) is 0.769. The number of amides is 2. The molecule has 3 fully saturated rings. The minimum absolute atomic E-state index is 0.0668. The first kappa shape index (κ1) is 12.9. The highest BCUT2D eigenvalue weighted by Crippen LogP contribution is 2.25. The van der Waals surface area contributed by atoms with Gasteiger partial charge in [-0.2, -0.15) is 0 Å². The Morgan fingerprint density at radius 3 is 2.63 bits per heavy atom. The molecule has 1 aliphatic carbocycles. The van der Waals surface area contributed by atoms with Crippen molar-refractivity contribution in [1.29, 1.82) is 0 Å². The third kappa shape index (κ3) is 2.91. The number of nitrogens with one attached hydrogen (secondary N) is 2. The summed E-state index contributed by atoms with van der Waals surface area (Å²) in [5.41, 5.74) is 0. The van der Waals surface area contributed by atoms with E-state index < -0.39 is 0 Å². The molecule has 2 heterocycles. The van der Waals surface area contributed by atoms with Crippen LogP contribution in [-0.2, 0) is 9.59 Å². The number of carbonyl (C=O) groups is 2. The van der Waals surface area contributed by atoms with E-state index in [1.54, 1.807) is 0 Å². The van der Waals surface area contributed by atoms with Gasteiger partial charge in [0.25, 0.3) is 0 Å². The summed E-state index contributed by atoms with van der Waals surface area (Å²) < 4.78 is 0. The Morgan fingerprint density at radius 1 is 1.11 bits per heavy atom. The maximum atomic E-state index is 12.5. The van der Waals surface area contributed by atoms with E-state index in [-0.39, 0.29) is 23.8 Å². The van der Waals surface area contributed by atoms with E-state index in [4.69, 9.17) is 0 Å². The molecular formula is C14H23N3O2. The van der Waals surface area contributed by atoms with Crippen molar-refractivity contribution in [1.82, 2.24) is 15.5 Å². The average molecular weight is 265 g/mol. The van der Waals surface area contributed by atoms with Crippen LogP contribution in [0.3, 0.4) is 0 Å². The number of likely N-dealkylation sites (tertiary alicyclic amines) is 1. The molecule has 0 aromatic heterocycles. The number of piperidine rings is 1. The Bertz CT molecular complexity index is 362. The molecular weight excluding hydrogens is 242 g/mol. The first-order valence-corrected chi connectivity index (χ1v) is 7.57. The molecule has 5 heteroatoms. The second kappa shape index (κ2) is 5.49. The molecule has 1 saturated carbocycles. The maximum Gasteiger partial charge on any atom is 0.243 e. The van der Waals surface area contributed by atoms with Crippen LogP contribution in [0.1, 0.15) is 38.5 Å². The highest BCUT2D eigenvalue weighted by molar-refractivity contribution is 5.89. The van der Waals surface area contributed by atoms with Crippen molar-refractivity contribution < 1.29 is 9.59 Å². The first-order valence-electron chi connectivity index (χ1n) is 7.57. The van der Waals surface area contributed by atoms with Crippen molar-refractivity contribution in [2.24, 2.45) is 5.92 Å². The van der Waals surface area contributed by atoms with Crippen LogP contribution in [0, 0.1) is 5.92 Å². The Morgan fingerprint density at radius 2 is 1.95 bits per heavy atom. The number of carbonyl (C=O) groups excluding carboxylic acids is 2. The van der Waals surface area contributed by atoms with E-state index in [2.05, 4.69) is 10.6 Å². The number of hydrogen-bond acceptors (Lipinski definition) is 3. The fourth-order valence-electron chi connectivity index (χ4n) is 3.13. The van der Waals surface area contributed by atoms with Crippen molar-refractivity contribution in [2.75, 3.05) is 19.6 Å². The summed E-state index contributed by atoms with van der Waals surface area (Å²) in [6, 6.07) is 0.163. The third-order valence-electron chi connectivity index (χ3n) is 4.41. The van der Waals surface area contributed by atoms with Crippen LogP contribution in [0.25, 0.3) is 0 Å². The second-order valence-electron chi connectivity index (χ2n) is 6.02. The summed E-state index contributed by atoms with van der Waals surface area (Å²) in [6.45, 7) is 2.53. The third-order valence-corrected chi connectivity index (χ3v) is 4.41.